The minimum absolute atomic E-state index is 0.0561. The van der Waals surface area contributed by atoms with E-state index in [1.54, 1.807) is 0 Å². The third kappa shape index (κ3) is 4.80. The second-order valence-corrected chi connectivity index (χ2v) is 7.84. The molecule has 1 aliphatic heterocycles. The van der Waals surface area contributed by atoms with Crippen molar-refractivity contribution in [1.29, 1.82) is 0 Å². The lowest BCUT2D eigenvalue weighted by Crippen LogP contribution is -2.21. The minimum Gasteiger partial charge on any atom is -0.491 e. The Bertz CT molecular complexity index is 650. The number of benzene rings is 1. The first-order chi connectivity index (χ1) is 11.2. The van der Waals surface area contributed by atoms with Gasteiger partial charge < -0.3 is 14.8 Å². The van der Waals surface area contributed by atoms with Crippen LogP contribution >= 0.6 is 27.3 Å². The first-order valence-corrected chi connectivity index (χ1v) is 9.18. The minimum atomic E-state index is -0.0561. The summed E-state index contributed by atoms with van der Waals surface area (Å²) < 4.78 is 12.2. The third-order valence-electron chi connectivity index (χ3n) is 3.63. The van der Waals surface area contributed by atoms with Crippen LogP contribution in [-0.4, -0.2) is 25.2 Å². The van der Waals surface area contributed by atoms with Crippen molar-refractivity contribution in [3.05, 3.63) is 50.6 Å². The van der Waals surface area contributed by atoms with E-state index in [-0.39, 0.29) is 12.0 Å². The van der Waals surface area contributed by atoms with Crippen LogP contribution in [0.1, 0.15) is 28.1 Å². The first-order valence-electron chi connectivity index (χ1n) is 7.57. The Labute approximate surface area is 147 Å². The van der Waals surface area contributed by atoms with E-state index in [1.165, 1.54) is 11.3 Å². The summed E-state index contributed by atoms with van der Waals surface area (Å²) in [5, 5.41) is 2.91. The molecule has 6 heteroatoms. The monoisotopic (exact) mass is 395 g/mol. The lowest BCUT2D eigenvalue weighted by atomic mass is 10.2. The molecule has 122 valence electrons. The molecule has 0 aliphatic carbocycles. The van der Waals surface area contributed by atoms with Crippen molar-refractivity contribution in [1.82, 2.24) is 5.32 Å². The zero-order valence-electron chi connectivity index (χ0n) is 12.6. The summed E-state index contributed by atoms with van der Waals surface area (Å²) in [6, 6.07) is 11.5. The normalized spacial score (nSPS) is 17.2. The van der Waals surface area contributed by atoms with E-state index in [2.05, 4.69) is 21.2 Å². The van der Waals surface area contributed by atoms with Crippen LogP contribution in [-0.2, 0) is 11.3 Å². The topological polar surface area (TPSA) is 47.6 Å². The fourth-order valence-corrected chi connectivity index (χ4v) is 3.68. The van der Waals surface area contributed by atoms with Crippen molar-refractivity contribution in [2.24, 2.45) is 0 Å². The largest absolute Gasteiger partial charge is 0.491 e. The number of rotatable bonds is 6. The summed E-state index contributed by atoms with van der Waals surface area (Å²) >= 11 is 4.78. The Kier molecular flexibility index (Phi) is 5.70. The molecule has 1 fully saturated rings. The quantitative estimate of drug-likeness (QED) is 0.803. The summed E-state index contributed by atoms with van der Waals surface area (Å²) in [6.45, 7) is 1.94. The van der Waals surface area contributed by atoms with E-state index in [4.69, 9.17) is 9.47 Å². The molecule has 0 bridgehead atoms. The van der Waals surface area contributed by atoms with E-state index in [0.29, 0.717) is 18.0 Å². The van der Waals surface area contributed by atoms with Gasteiger partial charge in [0.05, 0.1) is 14.8 Å². The van der Waals surface area contributed by atoms with Crippen LogP contribution in [0.3, 0.4) is 0 Å². The molecule has 0 spiro atoms. The van der Waals surface area contributed by atoms with Gasteiger partial charge in [0.1, 0.15) is 12.4 Å². The van der Waals surface area contributed by atoms with Crippen LogP contribution in [0.5, 0.6) is 5.75 Å². The van der Waals surface area contributed by atoms with Crippen molar-refractivity contribution in [3.63, 3.8) is 0 Å². The molecule has 1 atom stereocenters. The van der Waals surface area contributed by atoms with Crippen LogP contribution in [0.15, 0.2) is 40.2 Å². The SMILES string of the molecule is O=C(NCc1ccc(OCC2CCCO2)cc1)c1ccc(Br)s1. The van der Waals surface area contributed by atoms with E-state index in [0.717, 1.165) is 34.5 Å². The number of carbonyl (C=O) groups excluding carboxylic acids is 1. The Hall–Kier alpha value is -1.37. The predicted molar refractivity (Wildman–Crippen MR) is 94.1 cm³/mol. The maximum absolute atomic E-state index is 12.0. The highest BCUT2D eigenvalue weighted by molar-refractivity contribution is 9.11. The Morgan fingerprint density at radius 3 is 2.78 bits per heavy atom. The molecule has 1 amide bonds. The molecule has 1 aromatic carbocycles. The molecule has 3 rings (SSSR count). The van der Waals surface area contributed by atoms with Gasteiger partial charge in [0, 0.05) is 13.2 Å². The van der Waals surface area contributed by atoms with Crippen molar-refractivity contribution in [2.75, 3.05) is 13.2 Å². The van der Waals surface area contributed by atoms with Gasteiger partial charge in [0.25, 0.3) is 5.91 Å². The molecular formula is C17H18BrNO3S. The molecule has 1 aromatic heterocycles. The Morgan fingerprint density at radius 2 is 2.13 bits per heavy atom. The maximum atomic E-state index is 12.0. The first kappa shape index (κ1) is 16.5. The predicted octanol–water partition coefficient (Wildman–Crippen LogP) is 4.00. The van der Waals surface area contributed by atoms with Gasteiger partial charge in [-0.2, -0.15) is 0 Å². The summed E-state index contributed by atoms with van der Waals surface area (Å²) in [4.78, 5) is 12.7. The highest BCUT2D eigenvalue weighted by Gasteiger charge is 2.15. The summed E-state index contributed by atoms with van der Waals surface area (Å²) in [6.07, 6.45) is 2.41. The highest BCUT2D eigenvalue weighted by atomic mass is 79.9. The van der Waals surface area contributed by atoms with Crippen LogP contribution in [0.25, 0.3) is 0 Å². The molecule has 0 saturated carbocycles. The molecule has 1 aliphatic rings. The van der Waals surface area contributed by atoms with E-state index >= 15 is 0 Å². The molecule has 4 nitrogen and oxygen atoms in total. The van der Waals surface area contributed by atoms with Crippen LogP contribution in [0.2, 0.25) is 0 Å². The van der Waals surface area contributed by atoms with Crippen LogP contribution in [0.4, 0.5) is 0 Å². The average molecular weight is 396 g/mol. The van der Waals surface area contributed by atoms with Crippen molar-refractivity contribution < 1.29 is 14.3 Å². The number of hydrogen-bond acceptors (Lipinski definition) is 4. The van der Waals surface area contributed by atoms with Crippen molar-refractivity contribution >= 4 is 33.2 Å². The molecule has 23 heavy (non-hydrogen) atoms. The van der Waals surface area contributed by atoms with Gasteiger partial charge in [-0.1, -0.05) is 12.1 Å². The molecule has 1 saturated heterocycles. The van der Waals surface area contributed by atoms with E-state index < -0.39 is 0 Å². The standard InChI is InChI=1S/C17H18BrNO3S/c18-16-8-7-15(23-16)17(20)19-10-12-3-5-13(6-4-12)22-11-14-2-1-9-21-14/h3-8,14H,1-2,9-11H2,(H,19,20). The molecule has 2 heterocycles. The molecular weight excluding hydrogens is 378 g/mol. The van der Waals surface area contributed by atoms with Gasteiger partial charge in [-0.3, -0.25) is 4.79 Å². The number of ether oxygens (including phenoxy) is 2. The molecule has 1 unspecified atom stereocenters. The number of nitrogens with one attached hydrogen (secondary N) is 1. The number of carbonyl (C=O) groups is 1. The Morgan fingerprint density at radius 1 is 1.30 bits per heavy atom. The van der Waals surface area contributed by atoms with E-state index in [1.807, 2.05) is 36.4 Å². The fourth-order valence-electron chi connectivity index (χ4n) is 2.37. The summed E-state index contributed by atoms with van der Waals surface area (Å²) in [5.41, 5.74) is 1.04. The summed E-state index contributed by atoms with van der Waals surface area (Å²) in [7, 11) is 0. The van der Waals surface area contributed by atoms with Gasteiger partial charge in [-0.15, -0.1) is 11.3 Å². The second-order valence-electron chi connectivity index (χ2n) is 5.38. The summed E-state index contributed by atoms with van der Waals surface area (Å²) in [5.74, 6) is 0.775. The highest BCUT2D eigenvalue weighted by Crippen LogP contribution is 2.22. The number of hydrogen-bond donors (Lipinski definition) is 1. The van der Waals surface area contributed by atoms with Gasteiger partial charge in [0.2, 0.25) is 0 Å². The number of halogens is 1. The van der Waals surface area contributed by atoms with Crippen LogP contribution in [0, 0.1) is 0 Å². The maximum Gasteiger partial charge on any atom is 0.261 e. The molecule has 0 radical (unpaired) electrons. The number of thiophene rings is 1. The second kappa shape index (κ2) is 7.95. The van der Waals surface area contributed by atoms with E-state index in [9.17, 15) is 4.79 Å². The zero-order valence-corrected chi connectivity index (χ0v) is 15.0. The number of amides is 1. The Balaban J connectivity index is 1.46. The lowest BCUT2D eigenvalue weighted by molar-refractivity contribution is 0.0679. The van der Waals surface area contributed by atoms with Crippen molar-refractivity contribution in [3.8, 4) is 5.75 Å². The van der Waals surface area contributed by atoms with Crippen LogP contribution < -0.4 is 10.1 Å². The average Bonchev–Trinajstić information content (AvgIpc) is 3.23. The third-order valence-corrected chi connectivity index (χ3v) is 5.26. The van der Waals surface area contributed by atoms with Gasteiger partial charge in [0.15, 0.2) is 0 Å². The van der Waals surface area contributed by atoms with Gasteiger partial charge in [-0.25, -0.2) is 0 Å². The van der Waals surface area contributed by atoms with Crippen molar-refractivity contribution in [2.45, 2.75) is 25.5 Å². The van der Waals surface area contributed by atoms with Gasteiger partial charge in [-0.05, 0) is 58.6 Å². The smallest absolute Gasteiger partial charge is 0.261 e. The fraction of sp³-hybridized carbons (Fsp3) is 0.353. The lowest BCUT2D eigenvalue weighted by Gasteiger charge is -2.12. The zero-order chi connectivity index (χ0) is 16.1. The molecule has 2 aromatic rings. The molecule has 1 N–H and O–H groups in total. The van der Waals surface area contributed by atoms with Gasteiger partial charge >= 0.3 is 0 Å².